The van der Waals surface area contributed by atoms with Crippen molar-refractivity contribution in [2.75, 3.05) is 106 Å². The van der Waals surface area contributed by atoms with Crippen LogP contribution in [0.5, 0.6) is 17.2 Å². The first-order valence-electron chi connectivity index (χ1n) is 25.0. The number of nitrogens with zero attached hydrogens (tertiary/aromatic N) is 11. The summed E-state index contributed by atoms with van der Waals surface area (Å²) < 4.78 is 72.2. The van der Waals surface area contributed by atoms with E-state index in [0.29, 0.717) is 34.5 Å². The number of aromatic amines is 3. The number of carbonyl (C=O) groups excluding carboxylic acids is 5. The first-order chi connectivity index (χ1) is 39.7. The first-order valence-corrected chi connectivity index (χ1v) is 25.0. The molecule has 1 aliphatic heterocycles. The van der Waals surface area contributed by atoms with Crippen LogP contribution in [0.25, 0.3) is 64.0 Å². The maximum absolute atomic E-state index is 14.7. The number of aromatic nitrogens is 3. The second-order valence-corrected chi connectivity index (χ2v) is 16.4. The van der Waals surface area contributed by atoms with Gasteiger partial charge in [0.15, 0.2) is 0 Å². The molecule has 0 spiro atoms. The molecule has 0 radical (unpaired) electrons. The second-order valence-electron chi connectivity index (χ2n) is 16.4. The lowest BCUT2D eigenvalue weighted by molar-refractivity contribution is -0.135. The lowest BCUT2D eigenvalue weighted by Crippen LogP contribution is -2.52. The monoisotopic (exact) mass is 1140 g/mol. The molecule has 0 unspecified atom stereocenters. The number of esters is 1. The van der Waals surface area contributed by atoms with E-state index in [9.17, 15) is 42.3 Å². The predicted molar refractivity (Wildman–Crippen MR) is 294 cm³/mol. The number of nitrogens with one attached hydrogen (secondary N) is 3. The van der Waals surface area contributed by atoms with Gasteiger partial charge in [-0.1, -0.05) is 40.5 Å². The van der Waals surface area contributed by atoms with Gasteiger partial charge in [-0.15, -0.1) is 0 Å². The van der Waals surface area contributed by atoms with Gasteiger partial charge in [0.2, 0.25) is 0 Å². The van der Waals surface area contributed by atoms with Crippen LogP contribution in [-0.2, 0) is 28.5 Å². The van der Waals surface area contributed by atoms with Gasteiger partial charge < -0.3 is 58.3 Å². The van der Waals surface area contributed by atoms with Crippen molar-refractivity contribution >= 4 is 62.1 Å². The van der Waals surface area contributed by atoms with Crippen molar-refractivity contribution in [3.8, 4) is 17.2 Å². The number of ether oxygens (including phenoxy) is 6. The zero-order valence-corrected chi connectivity index (χ0v) is 45.1. The zero-order chi connectivity index (χ0) is 59.8. The number of phenols is 1. The van der Waals surface area contributed by atoms with Crippen LogP contribution in [-0.4, -0.2) is 165 Å². The average molecular weight is 1140 g/mol. The molecule has 1 aliphatic rings. The predicted octanol–water partition coefficient (Wildman–Crippen LogP) is 9.53. The third-order valence-corrected chi connectivity index (χ3v) is 11.3. The zero-order valence-electron chi connectivity index (χ0n) is 45.1. The lowest BCUT2D eigenvalue weighted by Gasteiger charge is -2.34. The fraction of sp³-hybridized carbons (Fsp3) is 0.340. The Labute approximate surface area is 465 Å². The van der Waals surface area contributed by atoms with Crippen LogP contribution < -0.4 is 9.47 Å². The van der Waals surface area contributed by atoms with Crippen molar-refractivity contribution in [3.05, 3.63) is 157 Å². The molecule has 0 saturated carbocycles. The summed E-state index contributed by atoms with van der Waals surface area (Å²) in [7, 11) is 2.75. The van der Waals surface area contributed by atoms with E-state index < -0.39 is 35.1 Å². The molecule has 0 bridgehead atoms. The van der Waals surface area contributed by atoms with E-state index >= 15 is 0 Å². The van der Waals surface area contributed by atoms with E-state index in [1.807, 2.05) is 13.0 Å². The minimum Gasteiger partial charge on any atom is -0.506 e. The van der Waals surface area contributed by atoms with Crippen molar-refractivity contribution in [2.24, 2.45) is 15.3 Å². The second kappa shape index (κ2) is 35.0. The molecule has 26 nitrogen and oxygen atoms in total. The number of piperazine rings is 1. The summed E-state index contributed by atoms with van der Waals surface area (Å²) in [6, 6.07) is 18.1. The Morgan fingerprint density at radius 3 is 1.57 bits per heavy atom. The highest BCUT2D eigenvalue weighted by Crippen LogP contribution is 2.32. The van der Waals surface area contributed by atoms with Gasteiger partial charge in [0, 0.05) is 104 Å². The molecule has 7 aromatic rings. The Kier molecular flexibility index (Phi) is 27.6. The van der Waals surface area contributed by atoms with Crippen molar-refractivity contribution in [1.82, 2.24) is 24.8 Å². The summed E-state index contributed by atoms with van der Waals surface area (Å²) in [5.74, 6) is -4.74. The van der Waals surface area contributed by atoms with Crippen LogP contribution >= 0.6 is 0 Å². The van der Waals surface area contributed by atoms with Gasteiger partial charge in [0.1, 0.15) is 47.9 Å². The van der Waals surface area contributed by atoms with Crippen LogP contribution in [0.4, 0.5) is 13.2 Å². The summed E-state index contributed by atoms with van der Waals surface area (Å²) >= 11 is 0. The number of methoxy groups -OCH3 is 2. The Hall–Kier alpha value is -9.75. The van der Waals surface area contributed by atoms with Gasteiger partial charge in [-0.2, -0.15) is 0 Å². The van der Waals surface area contributed by atoms with Gasteiger partial charge in [0.05, 0.1) is 72.0 Å². The number of H-pyrrole nitrogens is 3. The number of carbonyl (C=O) groups is 5. The molecule has 29 heteroatoms. The van der Waals surface area contributed by atoms with Gasteiger partial charge in [-0.3, -0.25) is 19.2 Å². The standard InChI is InChI=1S/C25H25FN6O5.C15H15FN4O5.C8H6FNO.C3H8O.C2H5N3/c26-19-6-7-20(37-15-14-36-13-8-29-30-27)22-21(19)18(16-28-22)23(33)25(35)32-11-9-31(10-12-32)24(34)17-4-2-1-3-5-17;1-23-15(22)14(21)9-8-18-13-11(3-2-10(16)12(9)13)25-7-6-24-5-4-19-20-17;9-6-1-2-7(11)8-5(6)3-4-10-8;1-3-4-2;1-2-4-5-3/h1-7,16,28H,8-15H2;2-3,8,18H,4-7H2,1H3;1-4,10-11H;3H2,1-2H3;2H2,1H3. The summed E-state index contributed by atoms with van der Waals surface area (Å²) in [5.41, 5.74) is 25.2. The van der Waals surface area contributed by atoms with E-state index in [2.05, 4.69) is 54.5 Å². The summed E-state index contributed by atoms with van der Waals surface area (Å²) in [4.78, 5) is 81.0. The van der Waals surface area contributed by atoms with Crippen LogP contribution in [0.15, 0.2) is 107 Å². The molecule has 1 fully saturated rings. The summed E-state index contributed by atoms with van der Waals surface area (Å²) in [6.07, 6.45) is 4.12. The van der Waals surface area contributed by atoms with Gasteiger partial charge in [0.25, 0.3) is 23.4 Å². The highest BCUT2D eigenvalue weighted by molar-refractivity contribution is 6.45. The van der Waals surface area contributed by atoms with Gasteiger partial charge in [-0.25, -0.2) is 18.0 Å². The lowest BCUT2D eigenvalue weighted by atomic mass is 10.1. The SMILES string of the molecule is CCN=[N+]=[N-].CCOC.COC(=O)C(=O)c1c[nH]c2c(OCCOCCN=[N+]=[N-])ccc(F)c12.Oc1ccc(F)c2cc[nH]c12.[N-]=[N+]=NCCOCCOc1ccc(F)c2c(C(=O)C(=O)N3CCN(C(=O)c4ccccc4)CC3)c[nH]c12. The van der Waals surface area contributed by atoms with Crippen LogP contribution in [0.2, 0.25) is 0 Å². The number of hydrogen-bond acceptors (Lipinski definition) is 15. The minimum atomic E-state index is -1.08. The number of Topliss-reactive ketones (excluding diaryl/α,β-unsaturated/α-hetero) is 2. The molecule has 4 N–H and O–H groups in total. The van der Waals surface area contributed by atoms with Crippen molar-refractivity contribution in [1.29, 1.82) is 0 Å². The summed E-state index contributed by atoms with van der Waals surface area (Å²) in [6.45, 7) is 7.75. The largest absolute Gasteiger partial charge is 0.506 e. The highest BCUT2D eigenvalue weighted by Gasteiger charge is 2.31. The van der Waals surface area contributed by atoms with E-state index in [-0.39, 0.29) is 129 Å². The molecular weight excluding hydrogens is 1080 g/mol. The number of fused-ring (bicyclic) bond motifs is 3. The molecule has 0 atom stereocenters. The number of hydrogen-bond donors (Lipinski definition) is 4. The number of azide groups is 3. The fourth-order valence-electron chi connectivity index (χ4n) is 7.39. The Morgan fingerprint density at radius 2 is 1.11 bits per heavy atom. The average Bonchev–Trinajstić information content (AvgIpc) is 4.47. The summed E-state index contributed by atoms with van der Waals surface area (Å²) in [5, 5.41) is 19.4. The van der Waals surface area contributed by atoms with Crippen molar-refractivity contribution in [2.45, 2.75) is 13.8 Å². The number of amides is 2. The highest BCUT2D eigenvalue weighted by atomic mass is 19.1. The van der Waals surface area contributed by atoms with Crippen molar-refractivity contribution in [3.63, 3.8) is 0 Å². The van der Waals surface area contributed by atoms with Gasteiger partial charge in [-0.05, 0) is 78.1 Å². The maximum Gasteiger partial charge on any atom is 0.379 e. The first kappa shape index (κ1) is 64.8. The van der Waals surface area contributed by atoms with Crippen LogP contribution in [0, 0.1) is 17.5 Å². The third-order valence-electron chi connectivity index (χ3n) is 11.3. The number of halogens is 3. The molecular formula is C53H59F3N14O12. The quantitative estimate of drug-likeness (QED) is 0.00993. The minimum absolute atomic E-state index is 0.0296. The fourth-order valence-corrected chi connectivity index (χ4v) is 7.39. The number of aromatic hydroxyl groups is 1. The molecule has 4 aromatic carbocycles. The maximum atomic E-state index is 14.7. The van der Waals surface area contributed by atoms with Crippen molar-refractivity contribution < 1.29 is 70.7 Å². The van der Waals surface area contributed by atoms with E-state index in [0.717, 1.165) is 19.8 Å². The normalized spacial score (nSPS) is 11.3. The Morgan fingerprint density at radius 1 is 0.610 bits per heavy atom. The molecule has 1 saturated heterocycles. The number of benzene rings is 4. The molecule has 0 aliphatic carbocycles. The molecule has 82 heavy (non-hydrogen) atoms. The molecule has 8 rings (SSSR count). The van der Waals surface area contributed by atoms with E-state index in [4.69, 9.17) is 35.5 Å². The van der Waals surface area contributed by atoms with E-state index in [1.165, 1.54) is 47.6 Å². The van der Waals surface area contributed by atoms with Crippen LogP contribution in [0.3, 0.4) is 0 Å². The Bertz CT molecular complexity index is 3350. The smallest absolute Gasteiger partial charge is 0.379 e. The molecule has 4 heterocycles. The number of ketones is 2. The van der Waals surface area contributed by atoms with E-state index in [1.54, 1.807) is 55.5 Å². The van der Waals surface area contributed by atoms with Crippen LogP contribution in [0.1, 0.15) is 44.9 Å². The molecule has 3 aromatic heterocycles. The van der Waals surface area contributed by atoms with Gasteiger partial charge >= 0.3 is 5.97 Å². The number of phenolic OH excluding ortho intramolecular Hbond substituents is 1. The number of rotatable bonds is 21. The Balaban J connectivity index is 0.000000273. The third kappa shape index (κ3) is 18.7. The molecule has 434 valence electrons. The molecule has 2 amide bonds. The topological polar surface area (TPSA) is 361 Å².